The maximum absolute atomic E-state index is 6.41. The highest BCUT2D eigenvalue weighted by atomic mass is 16.3. The van der Waals surface area contributed by atoms with Crippen LogP contribution in [-0.4, -0.2) is 0 Å². The molecule has 254 valence electrons. The van der Waals surface area contributed by atoms with Gasteiger partial charge in [-0.05, 0) is 98.2 Å². The standard InChI is InChI=1S/C52H35NO/c1-4-14-36(15-5-1)37-24-29-42(30-25-37)53(49-22-12-10-20-44(49)39-16-6-2-7-17-39)43-31-26-38(27-32-43)41-28-33-45-48(34-41)47(40-18-8-3-9-19-40)35-51-52(45)46-21-11-13-23-50(46)54-51/h1-35H. The van der Waals surface area contributed by atoms with Crippen LogP contribution in [0.4, 0.5) is 17.1 Å². The third-order valence-corrected chi connectivity index (χ3v) is 10.5. The average molecular weight is 690 g/mol. The fourth-order valence-electron chi connectivity index (χ4n) is 7.87. The van der Waals surface area contributed by atoms with Crippen LogP contribution >= 0.6 is 0 Å². The quantitative estimate of drug-likeness (QED) is 0.166. The lowest BCUT2D eigenvalue weighted by molar-refractivity contribution is 0.669. The van der Waals surface area contributed by atoms with E-state index in [4.69, 9.17) is 4.42 Å². The van der Waals surface area contributed by atoms with Crippen LogP contribution in [0.5, 0.6) is 0 Å². The molecule has 10 rings (SSSR count). The van der Waals surface area contributed by atoms with Crippen LogP contribution in [0.25, 0.3) is 77.2 Å². The lowest BCUT2D eigenvalue weighted by atomic mass is 9.92. The number of fused-ring (bicyclic) bond motifs is 5. The number of benzene rings is 9. The van der Waals surface area contributed by atoms with Crippen molar-refractivity contribution in [2.24, 2.45) is 0 Å². The first kappa shape index (κ1) is 31.6. The van der Waals surface area contributed by atoms with Crippen LogP contribution in [0.2, 0.25) is 0 Å². The summed E-state index contributed by atoms with van der Waals surface area (Å²) in [6.45, 7) is 0. The van der Waals surface area contributed by atoms with Gasteiger partial charge in [0.1, 0.15) is 11.2 Å². The van der Waals surface area contributed by atoms with Crippen molar-refractivity contribution in [1.82, 2.24) is 0 Å². The molecule has 0 bridgehead atoms. The van der Waals surface area contributed by atoms with Gasteiger partial charge in [0.25, 0.3) is 0 Å². The Morgan fingerprint density at radius 3 is 1.46 bits per heavy atom. The molecule has 0 aliphatic heterocycles. The van der Waals surface area contributed by atoms with Gasteiger partial charge in [0.2, 0.25) is 0 Å². The van der Waals surface area contributed by atoms with Crippen molar-refractivity contribution in [2.45, 2.75) is 0 Å². The third-order valence-electron chi connectivity index (χ3n) is 10.5. The van der Waals surface area contributed by atoms with E-state index in [0.29, 0.717) is 0 Å². The number of anilines is 3. The summed E-state index contributed by atoms with van der Waals surface area (Å²) in [7, 11) is 0. The number of para-hydroxylation sites is 2. The normalized spacial score (nSPS) is 11.3. The number of rotatable bonds is 7. The van der Waals surface area contributed by atoms with Crippen molar-refractivity contribution in [3.05, 3.63) is 212 Å². The molecule has 9 aromatic carbocycles. The Morgan fingerprint density at radius 1 is 0.296 bits per heavy atom. The predicted octanol–water partition coefficient (Wildman–Crippen LogP) is 14.9. The molecular formula is C52H35NO. The molecule has 0 amide bonds. The highest BCUT2D eigenvalue weighted by Gasteiger charge is 2.19. The van der Waals surface area contributed by atoms with E-state index >= 15 is 0 Å². The average Bonchev–Trinajstić information content (AvgIpc) is 3.64. The Morgan fingerprint density at radius 2 is 0.796 bits per heavy atom. The molecule has 1 aromatic heterocycles. The second kappa shape index (κ2) is 13.4. The summed E-state index contributed by atoms with van der Waals surface area (Å²) >= 11 is 0. The molecule has 0 N–H and O–H groups in total. The zero-order valence-electron chi connectivity index (χ0n) is 29.6. The largest absolute Gasteiger partial charge is 0.456 e. The SMILES string of the molecule is c1ccc(-c2ccc(N(c3ccc(-c4ccc5c(c4)c(-c4ccccc4)cc4oc6ccccc6c45)cc3)c3ccccc3-c3ccccc3)cc2)cc1. The van der Waals surface area contributed by atoms with E-state index in [9.17, 15) is 0 Å². The summed E-state index contributed by atoms with van der Waals surface area (Å²) in [5.41, 5.74) is 14.5. The number of furan rings is 1. The minimum absolute atomic E-state index is 0.909. The van der Waals surface area contributed by atoms with E-state index in [1.54, 1.807) is 0 Å². The molecular weight excluding hydrogens is 655 g/mol. The molecule has 10 aromatic rings. The Kier molecular flexibility index (Phi) is 7.85. The molecule has 54 heavy (non-hydrogen) atoms. The Labute approximate surface area is 314 Å². The Bertz CT molecular complexity index is 2890. The van der Waals surface area contributed by atoms with E-state index < -0.39 is 0 Å². The lowest BCUT2D eigenvalue weighted by Gasteiger charge is -2.28. The van der Waals surface area contributed by atoms with Crippen molar-refractivity contribution in [3.63, 3.8) is 0 Å². The zero-order valence-corrected chi connectivity index (χ0v) is 29.6. The summed E-state index contributed by atoms with van der Waals surface area (Å²) in [5, 5.41) is 4.70. The summed E-state index contributed by atoms with van der Waals surface area (Å²) in [6, 6.07) is 75.8. The summed E-state index contributed by atoms with van der Waals surface area (Å²) in [4.78, 5) is 2.37. The van der Waals surface area contributed by atoms with Crippen molar-refractivity contribution >= 4 is 49.8 Å². The van der Waals surface area contributed by atoms with Gasteiger partial charge in [-0.25, -0.2) is 0 Å². The molecule has 2 heteroatoms. The summed E-state index contributed by atoms with van der Waals surface area (Å²) in [6.07, 6.45) is 0. The smallest absolute Gasteiger partial charge is 0.136 e. The van der Waals surface area contributed by atoms with Crippen molar-refractivity contribution in [3.8, 4) is 44.5 Å². The lowest BCUT2D eigenvalue weighted by Crippen LogP contribution is -2.11. The molecule has 0 spiro atoms. The highest BCUT2D eigenvalue weighted by molar-refractivity contribution is 6.22. The topological polar surface area (TPSA) is 16.4 Å². The first-order valence-corrected chi connectivity index (χ1v) is 18.4. The zero-order chi connectivity index (χ0) is 35.8. The van der Waals surface area contributed by atoms with Gasteiger partial charge in [0.05, 0.1) is 5.69 Å². The highest BCUT2D eigenvalue weighted by Crippen LogP contribution is 2.44. The van der Waals surface area contributed by atoms with Crippen LogP contribution in [-0.2, 0) is 0 Å². The molecule has 2 nitrogen and oxygen atoms in total. The van der Waals surface area contributed by atoms with Gasteiger partial charge in [-0.1, -0.05) is 164 Å². The van der Waals surface area contributed by atoms with Crippen molar-refractivity contribution in [2.75, 3.05) is 4.90 Å². The number of nitrogens with zero attached hydrogens (tertiary/aromatic N) is 1. The van der Waals surface area contributed by atoms with E-state index in [1.807, 2.05) is 6.07 Å². The first-order valence-electron chi connectivity index (χ1n) is 18.4. The van der Waals surface area contributed by atoms with Gasteiger partial charge in [0.15, 0.2) is 0 Å². The molecule has 0 radical (unpaired) electrons. The fourth-order valence-corrected chi connectivity index (χ4v) is 7.87. The fraction of sp³-hybridized carbons (Fsp3) is 0. The van der Waals surface area contributed by atoms with E-state index in [2.05, 4.69) is 211 Å². The van der Waals surface area contributed by atoms with Gasteiger partial charge in [0, 0.05) is 27.7 Å². The van der Waals surface area contributed by atoms with Crippen LogP contribution in [0.1, 0.15) is 0 Å². The predicted molar refractivity (Wildman–Crippen MR) is 228 cm³/mol. The first-order chi connectivity index (χ1) is 26.8. The van der Waals surface area contributed by atoms with Crippen LogP contribution < -0.4 is 4.90 Å². The van der Waals surface area contributed by atoms with E-state index in [0.717, 1.165) is 44.6 Å². The second-order valence-corrected chi connectivity index (χ2v) is 13.7. The molecule has 1 heterocycles. The van der Waals surface area contributed by atoms with Crippen LogP contribution in [0.15, 0.2) is 217 Å². The van der Waals surface area contributed by atoms with E-state index in [1.165, 1.54) is 49.7 Å². The third kappa shape index (κ3) is 5.62. The molecule has 0 fully saturated rings. The minimum Gasteiger partial charge on any atom is -0.456 e. The monoisotopic (exact) mass is 689 g/mol. The maximum atomic E-state index is 6.41. The van der Waals surface area contributed by atoms with Gasteiger partial charge >= 0.3 is 0 Å². The molecule has 0 saturated heterocycles. The van der Waals surface area contributed by atoms with Gasteiger partial charge in [-0.3, -0.25) is 0 Å². The van der Waals surface area contributed by atoms with Crippen LogP contribution in [0, 0.1) is 0 Å². The van der Waals surface area contributed by atoms with Gasteiger partial charge in [-0.15, -0.1) is 0 Å². The molecule has 0 unspecified atom stereocenters. The molecule has 0 aliphatic carbocycles. The molecule has 0 aliphatic rings. The number of hydrogen-bond donors (Lipinski definition) is 0. The summed E-state index contributed by atoms with van der Waals surface area (Å²) < 4.78 is 6.41. The van der Waals surface area contributed by atoms with E-state index in [-0.39, 0.29) is 0 Å². The second-order valence-electron chi connectivity index (χ2n) is 13.7. The number of hydrogen-bond acceptors (Lipinski definition) is 2. The molecule has 0 atom stereocenters. The minimum atomic E-state index is 0.909. The van der Waals surface area contributed by atoms with Gasteiger partial charge < -0.3 is 9.32 Å². The van der Waals surface area contributed by atoms with Crippen LogP contribution in [0.3, 0.4) is 0 Å². The molecule has 0 saturated carbocycles. The van der Waals surface area contributed by atoms with Crippen molar-refractivity contribution in [1.29, 1.82) is 0 Å². The van der Waals surface area contributed by atoms with Crippen molar-refractivity contribution < 1.29 is 4.42 Å². The Hall–Kier alpha value is -7.16. The Balaban J connectivity index is 1.10. The van der Waals surface area contributed by atoms with Gasteiger partial charge in [-0.2, -0.15) is 0 Å². The summed E-state index contributed by atoms with van der Waals surface area (Å²) in [5.74, 6) is 0. The maximum Gasteiger partial charge on any atom is 0.136 e.